The number of hydrogen-bond donors (Lipinski definition) is 2. The summed E-state index contributed by atoms with van der Waals surface area (Å²) < 4.78 is 18.8. The molecule has 1 heterocycles. The quantitative estimate of drug-likeness (QED) is 0.639. The van der Waals surface area contributed by atoms with Crippen molar-refractivity contribution in [3.05, 3.63) is 65.5 Å². The molecule has 0 aromatic heterocycles. The van der Waals surface area contributed by atoms with Gasteiger partial charge in [-0.3, -0.25) is 4.99 Å². The maximum Gasteiger partial charge on any atom is 0.189 e. The van der Waals surface area contributed by atoms with Crippen molar-refractivity contribution in [3.8, 4) is 5.75 Å². The molecule has 0 radical (unpaired) electrons. The maximum atomic E-state index is 13.2. The zero-order chi connectivity index (χ0) is 18.5. The van der Waals surface area contributed by atoms with Crippen molar-refractivity contribution >= 4 is 5.96 Å². The molecule has 0 amide bonds. The summed E-state index contributed by atoms with van der Waals surface area (Å²) in [5.74, 6) is 1.05. The van der Waals surface area contributed by atoms with Gasteiger partial charge >= 0.3 is 0 Å². The normalized spacial score (nSPS) is 18.2. The van der Waals surface area contributed by atoms with E-state index >= 15 is 0 Å². The molecule has 0 spiro atoms. The summed E-state index contributed by atoms with van der Waals surface area (Å²) in [5, 5.41) is 3.30. The van der Waals surface area contributed by atoms with Crippen LogP contribution in [0.15, 0.2) is 53.5 Å². The van der Waals surface area contributed by atoms with E-state index in [1.165, 1.54) is 12.1 Å². The molecule has 0 saturated carbocycles. The lowest BCUT2D eigenvalue weighted by Crippen LogP contribution is -2.38. The minimum Gasteiger partial charge on any atom is -0.493 e. The van der Waals surface area contributed by atoms with E-state index < -0.39 is 0 Å². The molecule has 1 aliphatic heterocycles. The molecule has 138 valence electrons. The Balaban J connectivity index is 1.68. The number of para-hydroxylation sites is 1. The molecule has 0 aliphatic carbocycles. The number of hydrogen-bond acceptors (Lipinski definition) is 3. The Hall–Kier alpha value is -2.60. The van der Waals surface area contributed by atoms with Gasteiger partial charge in [0.2, 0.25) is 0 Å². The van der Waals surface area contributed by atoms with Crippen LogP contribution in [0.3, 0.4) is 0 Å². The van der Waals surface area contributed by atoms with Gasteiger partial charge < -0.3 is 20.7 Å². The van der Waals surface area contributed by atoms with Gasteiger partial charge in [0.25, 0.3) is 0 Å². The lowest BCUT2D eigenvalue weighted by molar-refractivity contribution is 0.262. The molecule has 2 atom stereocenters. The number of ether oxygens (including phenoxy) is 1. The number of fused-ring (bicyclic) bond motifs is 1. The van der Waals surface area contributed by atoms with Crippen molar-refractivity contribution in [2.24, 2.45) is 10.7 Å². The molecule has 6 heteroatoms. The minimum absolute atomic E-state index is 0.0259. The summed E-state index contributed by atoms with van der Waals surface area (Å²) >= 11 is 0. The van der Waals surface area contributed by atoms with Gasteiger partial charge in [0.1, 0.15) is 11.6 Å². The highest BCUT2D eigenvalue weighted by Crippen LogP contribution is 2.31. The Morgan fingerprint density at radius 3 is 2.73 bits per heavy atom. The first-order valence-corrected chi connectivity index (χ1v) is 8.74. The molecule has 3 rings (SSSR count). The average Bonchev–Trinajstić information content (AvgIpc) is 2.63. The lowest BCUT2D eigenvalue weighted by atomic mass is 10.0. The lowest BCUT2D eigenvalue weighted by Gasteiger charge is -2.27. The number of rotatable bonds is 5. The van der Waals surface area contributed by atoms with Gasteiger partial charge in [-0.2, -0.15) is 0 Å². The molecule has 26 heavy (non-hydrogen) atoms. The van der Waals surface area contributed by atoms with E-state index in [-0.39, 0.29) is 17.9 Å². The Morgan fingerprint density at radius 2 is 2.00 bits per heavy atom. The van der Waals surface area contributed by atoms with Gasteiger partial charge in [-0.15, -0.1) is 0 Å². The molecule has 1 aliphatic rings. The monoisotopic (exact) mass is 356 g/mol. The van der Waals surface area contributed by atoms with Crippen molar-refractivity contribution in [1.29, 1.82) is 0 Å². The van der Waals surface area contributed by atoms with E-state index in [0.29, 0.717) is 19.1 Å². The van der Waals surface area contributed by atoms with Crippen molar-refractivity contribution in [2.45, 2.75) is 18.5 Å². The number of benzene rings is 2. The fourth-order valence-electron chi connectivity index (χ4n) is 3.15. The van der Waals surface area contributed by atoms with E-state index in [1.807, 2.05) is 43.3 Å². The van der Waals surface area contributed by atoms with E-state index in [0.717, 1.165) is 23.3 Å². The number of nitrogens with zero attached hydrogens (tertiary/aromatic N) is 2. The molecule has 3 N–H and O–H groups in total. The summed E-state index contributed by atoms with van der Waals surface area (Å²) in [4.78, 5) is 6.57. The molecule has 2 aromatic rings. The number of aliphatic imine (C=N–C) groups is 1. The summed E-state index contributed by atoms with van der Waals surface area (Å²) in [6, 6.07) is 14.6. The highest BCUT2D eigenvalue weighted by molar-refractivity contribution is 5.78. The molecular formula is C20H25FN4O. The first-order valence-electron chi connectivity index (χ1n) is 8.74. The fourth-order valence-corrected chi connectivity index (χ4v) is 3.15. The summed E-state index contributed by atoms with van der Waals surface area (Å²) in [6.45, 7) is 1.14. The molecule has 0 fully saturated rings. The highest BCUT2D eigenvalue weighted by atomic mass is 19.1. The van der Waals surface area contributed by atoms with Gasteiger partial charge in [-0.25, -0.2) is 4.39 Å². The van der Waals surface area contributed by atoms with Crippen LogP contribution in [0.2, 0.25) is 0 Å². The first-order chi connectivity index (χ1) is 12.5. The van der Waals surface area contributed by atoms with Crippen LogP contribution in [-0.2, 0) is 0 Å². The van der Waals surface area contributed by atoms with Crippen LogP contribution in [0.25, 0.3) is 0 Å². The van der Waals surface area contributed by atoms with Gasteiger partial charge in [0.05, 0.1) is 25.2 Å². The maximum absolute atomic E-state index is 13.2. The smallest absolute Gasteiger partial charge is 0.189 e. The van der Waals surface area contributed by atoms with E-state index in [1.54, 1.807) is 12.1 Å². The first kappa shape index (κ1) is 18.2. The third-order valence-corrected chi connectivity index (χ3v) is 4.59. The number of likely N-dealkylation sites (N-methyl/N-ethyl adjacent to an activating group) is 1. The van der Waals surface area contributed by atoms with Crippen LogP contribution in [0.5, 0.6) is 5.75 Å². The zero-order valence-electron chi connectivity index (χ0n) is 15.2. The Kier molecular flexibility index (Phi) is 5.73. The van der Waals surface area contributed by atoms with Crippen molar-refractivity contribution < 1.29 is 9.13 Å². The Bertz CT molecular complexity index is 761. The number of nitrogens with two attached hydrogens (primary N) is 1. The second-order valence-corrected chi connectivity index (χ2v) is 6.63. The van der Waals surface area contributed by atoms with Crippen LogP contribution >= 0.6 is 0 Å². The number of guanidine groups is 1. The molecule has 2 aromatic carbocycles. The van der Waals surface area contributed by atoms with Crippen LogP contribution < -0.4 is 15.8 Å². The molecule has 2 unspecified atom stereocenters. The molecule has 0 bridgehead atoms. The molecule has 5 nitrogen and oxygen atoms in total. The Labute approximate surface area is 153 Å². The van der Waals surface area contributed by atoms with Crippen LogP contribution in [0.4, 0.5) is 4.39 Å². The minimum atomic E-state index is -0.242. The van der Waals surface area contributed by atoms with Crippen molar-refractivity contribution in [1.82, 2.24) is 10.2 Å². The van der Waals surface area contributed by atoms with Gasteiger partial charge in [0, 0.05) is 12.0 Å². The number of nitrogens with one attached hydrogen (secondary N) is 1. The molecule has 0 saturated heterocycles. The summed E-state index contributed by atoms with van der Waals surface area (Å²) in [7, 11) is 3.95. The number of halogens is 1. The second-order valence-electron chi connectivity index (χ2n) is 6.63. The fraction of sp³-hybridized carbons (Fsp3) is 0.350. The van der Waals surface area contributed by atoms with Crippen LogP contribution in [0.1, 0.15) is 29.6 Å². The van der Waals surface area contributed by atoms with Crippen molar-refractivity contribution in [3.63, 3.8) is 0 Å². The van der Waals surface area contributed by atoms with Gasteiger partial charge in [-0.1, -0.05) is 30.3 Å². The average molecular weight is 356 g/mol. The van der Waals surface area contributed by atoms with Crippen LogP contribution in [-0.4, -0.2) is 38.1 Å². The predicted molar refractivity (Wildman–Crippen MR) is 102 cm³/mol. The third-order valence-electron chi connectivity index (χ3n) is 4.59. The zero-order valence-corrected chi connectivity index (χ0v) is 15.2. The summed E-state index contributed by atoms with van der Waals surface area (Å²) in [6.07, 6.45) is 0.836. The second kappa shape index (κ2) is 8.19. The highest BCUT2D eigenvalue weighted by Gasteiger charge is 2.21. The summed E-state index contributed by atoms with van der Waals surface area (Å²) in [5.41, 5.74) is 8.23. The largest absolute Gasteiger partial charge is 0.493 e. The standard InChI is InChI=1S/C20H25FN4O/c1-25(2)18(14-7-9-15(21)10-8-14)13-23-20(22)24-17-11-12-26-19-6-4-3-5-16(17)19/h3-10,17-18H,11-13H2,1-2H3,(H3,22,23,24). The van der Waals surface area contributed by atoms with Crippen LogP contribution in [0, 0.1) is 5.82 Å². The topological polar surface area (TPSA) is 62.9 Å². The SMILES string of the molecule is CN(C)C(CN=C(N)NC1CCOc2ccccc21)c1ccc(F)cc1. The Morgan fingerprint density at radius 1 is 1.27 bits per heavy atom. The van der Waals surface area contributed by atoms with E-state index in [2.05, 4.69) is 10.3 Å². The van der Waals surface area contributed by atoms with Gasteiger partial charge in [-0.05, 0) is 37.9 Å². The predicted octanol–water partition coefficient (Wildman–Crippen LogP) is 2.86. The van der Waals surface area contributed by atoms with Gasteiger partial charge in [0.15, 0.2) is 5.96 Å². The van der Waals surface area contributed by atoms with Crippen molar-refractivity contribution in [2.75, 3.05) is 27.2 Å². The molecular weight excluding hydrogens is 331 g/mol. The van der Waals surface area contributed by atoms with E-state index in [9.17, 15) is 4.39 Å². The van der Waals surface area contributed by atoms with E-state index in [4.69, 9.17) is 10.5 Å². The third kappa shape index (κ3) is 4.32.